The summed E-state index contributed by atoms with van der Waals surface area (Å²) in [4.78, 5) is 0. The largest absolute Gasteiger partial charge is 0.499 e. The standard InChI is InChI=1S/C8H10F6O4S2/c1-5(2)3-4-6(19(15,16)7(9,10)11)20(17,18)8(12,13)14/h3-6H,1-2H3/b4-3+. The molecule has 0 atom stereocenters. The first-order valence-electron chi connectivity index (χ1n) is 4.83. The Hall–Kier alpha value is -0.780. The van der Waals surface area contributed by atoms with E-state index in [2.05, 4.69) is 0 Å². The smallest absolute Gasteiger partial charge is 0.218 e. The van der Waals surface area contributed by atoms with Crippen molar-refractivity contribution >= 4 is 19.7 Å². The van der Waals surface area contributed by atoms with Crippen molar-refractivity contribution < 1.29 is 43.2 Å². The van der Waals surface area contributed by atoms with Crippen LogP contribution in [0.25, 0.3) is 0 Å². The molecule has 0 aromatic rings. The average Bonchev–Trinajstić information content (AvgIpc) is 2.12. The highest BCUT2D eigenvalue weighted by Crippen LogP contribution is 2.36. The Bertz CT molecular complexity index is 523. The van der Waals surface area contributed by atoms with E-state index in [-0.39, 0.29) is 6.08 Å². The summed E-state index contributed by atoms with van der Waals surface area (Å²) in [6.07, 6.45) is 0.521. The zero-order valence-electron chi connectivity index (χ0n) is 10.0. The van der Waals surface area contributed by atoms with E-state index in [1.807, 2.05) is 0 Å². The molecule has 0 rings (SSSR count). The molecule has 0 spiro atoms. The highest BCUT2D eigenvalue weighted by Gasteiger charge is 2.61. The third-order valence-electron chi connectivity index (χ3n) is 1.91. The highest BCUT2D eigenvalue weighted by atomic mass is 32.3. The summed E-state index contributed by atoms with van der Waals surface area (Å²) in [5.74, 6) is -0.649. The number of hydrogen-bond acceptors (Lipinski definition) is 4. The second-order valence-electron chi connectivity index (χ2n) is 3.98. The number of alkyl halides is 6. The zero-order chi connectivity index (χ0) is 16.6. The van der Waals surface area contributed by atoms with Crippen LogP contribution in [0.4, 0.5) is 26.3 Å². The minimum atomic E-state index is -6.57. The summed E-state index contributed by atoms with van der Waals surface area (Å²) in [5.41, 5.74) is -12.3. The summed E-state index contributed by atoms with van der Waals surface area (Å²) in [6.45, 7) is 2.63. The molecule has 0 bridgehead atoms. The van der Waals surface area contributed by atoms with Gasteiger partial charge in [0.1, 0.15) is 0 Å². The van der Waals surface area contributed by atoms with Gasteiger partial charge in [-0.15, -0.1) is 0 Å². The average molecular weight is 348 g/mol. The Kier molecular flexibility index (Phi) is 5.33. The van der Waals surface area contributed by atoms with E-state index in [1.165, 1.54) is 13.8 Å². The molecule has 0 unspecified atom stereocenters. The summed E-state index contributed by atoms with van der Waals surface area (Å²) < 4.78 is 114. The summed E-state index contributed by atoms with van der Waals surface area (Å²) >= 11 is 0. The van der Waals surface area contributed by atoms with Crippen LogP contribution in [0.3, 0.4) is 0 Å². The van der Waals surface area contributed by atoms with Gasteiger partial charge in [-0.05, 0) is 5.92 Å². The number of rotatable bonds is 4. The van der Waals surface area contributed by atoms with E-state index in [0.29, 0.717) is 6.08 Å². The molecular weight excluding hydrogens is 338 g/mol. The van der Waals surface area contributed by atoms with E-state index in [1.54, 1.807) is 0 Å². The maximum Gasteiger partial charge on any atom is 0.499 e. The van der Waals surface area contributed by atoms with Gasteiger partial charge >= 0.3 is 11.0 Å². The molecule has 0 aliphatic rings. The van der Waals surface area contributed by atoms with Crippen molar-refractivity contribution in [3.63, 3.8) is 0 Å². The molecular formula is C8H10F6O4S2. The molecule has 0 radical (unpaired) electrons. The second kappa shape index (κ2) is 5.54. The number of hydrogen-bond donors (Lipinski definition) is 0. The van der Waals surface area contributed by atoms with Crippen LogP contribution in [-0.4, -0.2) is 32.4 Å². The lowest BCUT2D eigenvalue weighted by atomic mass is 10.2. The molecule has 0 aromatic heterocycles. The van der Waals surface area contributed by atoms with E-state index in [4.69, 9.17) is 0 Å². The Morgan fingerprint density at radius 3 is 1.25 bits per heavy atom. The van der Waals surface area contributed by atoms with Crippen LogP contribution in [0.2, 0.25) is 0 Å². The van der Waals surface area contributed by atoms with Crippen molar-refractivity contribution in [1.82, 2.24) is 0 Å². The fourth-order valence-electron chi connectivity index (χ4n) is 0.950. The maximum atomic E-state index is 12.3. The molecule has 0 saturated heterocycles. The quantitative estimate of drug-likeness (QED) is 0.578. The Labute approximate surface area is 111 Å². The third kappa shape index (κ3) is 3.87. The van der Waals surface area contributed by atoms with Crippen LogP contribution in [0.1, 0.15) is 13.8 Å². The lowest BCUT2D eigenvalue weighted by Gasteiger charge is -2.18. The highest BCUT2D eigenvalue weighted by molar-refractivity contribution is 8.10. The lowest BCUT2D eigenvalue weighted by Crippen LogP contribution is -2.43. The summed E-state index contributed by atoms with van der Waals surface area (Å²) in [7, 11) is -13.1. The van der Waals surface area contributed by atoms with Crippen molar-refractivity contribution in [2.45, 2.75) is 29.4 Å². The first-order chi connectivity index (χ1) is 8.55. The molecule has 0 fully saturated rings. The van der Waals surface area contributed by atoms with Crippen molar-refractivity contribution in [2.24, 2.45) is 5.92 Å². The minimum Gasteiger partial charge on any atom is -0.218 e. The second-order valence-corrected chi connectivity index (χ2v) is 8.40. The topological polar surface area (TPSA) is 68.3 Å². The normalized spacial score (nSPS) is 15.5. The van der Waals surface area contributed by atoms with Gasteiger partial charge in [0.15, 0.2) is 4.58 Å². The predicted octanol–water partition coefficient (Wildman–Crippen LogP) is 2.39. The molecule has 0 aliphatic carbocycles. The van der Waals surface area contributed by atoms with Crippen LogP contribution in [0, 0.1) is 5.92 Å². The van der Waals surface area contributed by atoms with Crippen molar-refractivity contribution in [1.29, 1.82) is 0 Å². The van der Waals surface area contributed by atoms with Gasteiger partial charge in [-0.25, -0.2) is 16.8 Å². The zero-order valence-corrected chi connectivity index (χ0v) is 11.7. The van der Waals surface area contributed by atoms with E-state index in [0.717, 1.165) is 0 Å². The van der Waals surface area contributed by atoms with Gasteiger partial charge in [-0.2, -0.15) is 26.3 Å². The summed E-state index contributed by atoms with van der Waals surface area (Å²) in [5, 5.41) is 0. The van der Waals surface area contributed by atoms with Crippen LogP contribution < -0.4 is 0 Å². The molecule has 0 aromatic carbocycles. The predicted molar refractivity (Wildman–Crippen MR) is 57.7 cm³/mol. The Morgan fingerprint density at radius 1 is 0.750 bits per heavy atom. The SMILES string of the molecule is CC(C)/C=C/C(S(=O)(=O)C(F)(F)F)S(=O)(=O)C(F)(F)F. The van der Waals surface area contributed by atoms with Crippen molar-refractivity contribution in [3.05, 3.63) is 12.2 Å². The Morgan fingerprint density at radius 2 is 1.05 bits per heavy atom. The van der Waals surface area contributed by atoms with Gasteiger partial charge in [-0.1, -0.05) is 26.0 Å². The van der Waals surface area contributed by atoms with E-state index in [9.17, 15) is 43.2 Å². The van der Waals surface area contributed by atoms with Gasteiger partial charge in [0, 0.05) is 0 Å². The van der Waals surface area contributed by atoms with Crippen LogP contribution >= 0.6 is 0 Å². The van der Waals surface area contributed by atoms with Crippen LogP contribution in [-0.2, 0) is 19.7 Å². The van der Waals surface area contributed by atoms with Crippen molar-refractivity contribution in [2.75, 3.05) is 0 Å². The van der Waals surface area contributed by atoms with Crippen LogP contribution in [0.5, 0.6) is 0 Å². The maximum absolute atomic E-state index is 12.3. The first-order valence-corrected chi connectivity index (χ1v) is 7.93. The van der Waals surface area contributed by atoms with E-state index < -0.39 is 41.2 Å². The number of allylic oxidation sites excluding steroid dienone is 1. The summed E-state index contributed by atoms with van der Waals surface area (Å²) in [6, 6.07) is 0. The van der Waals surface area contributed by atoms with Crippen LogP contribution in [0.15, 0.2) is 12.2 Å². The van der Waals surface area contributed by atoms with Gasteiger partial charge in [0.05, 0.1) is 0 Å². The molecule has 0 saturated carbocycles. The first kappa shape index (κ1) is 19.2. The lowest BCUT2D eigenvalue weighted by molar-refractivity contribution is -0.0465. The Balaban J connectivity index is 6.19. The third-order valence-corrected chi connectivity index (χ3v) is 6.26. The molecule has 120 valence electrons. The molecule has 0 heterocycles. The molecule has 4 nitrogen and oxygen atoms in total. The molecule has 0 N–H and O–H groups in total. The fraction of sp³-hybridized carbons (Fsp3) is 0.750. The molecule has 12 heteroatoms. The van der Waals surface area contributed by atoms with Gasteiger partial charge in [0.2, 0.25) is 0 Å². The number of halogens is 6. The van der Waals surface area contributed by atoms with Crippen molar-refractivity contribution in [3.8, 4) is 0 Å². The fourth-order valence-corrected chi connectivity index (χ4v) is 4.06. The van der Waals surface area contributed by atoms with Gasteiger partial charge in [0.25, 0.3) is 19.7 Å². The minimum absolute atomic E-state index is 0.115. The molecule has 20 heavy (non-hydrogen) atoms. The molecule has 0 amide bonds. The molecule has 0 aliphatic heterocycles. The number of sulfone groups is 2. The van der Waals surface area contributed by atoms with Gasteiger partial charge in [-0.3, -0.25) is 0 Å². The van der Waals surface area contributed by atoms with Gasteiger partial charge < -0.3 is 0 Å². The monoisotopic (exact) mass is 348 g/mol. The van der Waals surface area contributed by atoms with E-state index >= 15 is 0 Å².